The maximum atomic E-state index is 11.8. The molecule has 7 heteroatoms. The van der Waals surface area contributed by atoms with E-state index in [0.717, 1.165) is 0 Å². The molecule has 20 heavy (non-hydrogen) atoms. The number of rotatable bonds is 3. The van der Waals surface area contributed by atoms with Crippen LogP contribution in [0.15, 0.2) is 18.2 Å². The van der Waals surface area contributed by atoms with Crippen LogP contribution in [0.5, 0.6) is 0 Å². The number of benzene rings is 1. The lowest BCUT2D eigenvalue weighted by Gasteiger charge is -2.28. The number of nitrogen functional groups attached to an aromatic ring is 1. The van der Waals surface area contributed by atoms with Crippen LogP contribution in [-0.4, -0.2) is 46.1 Å². The first-order chi connectivity index (χ1) is 9.35. The molecule has 1 aliphatic heterocycles. The lowest BCUT2D eigenvalue weighted by molar-refractivity contribution is 0.0601. The van der Waals surface area contributed by atoms with Crippen molar-refractivity contribution in [1.29, 1.82) is 0 Å². The van der Waals surface area contributed by atoms with Gasteiger partial charge in [0.2, 0.25) is 0 Å². The second-order valence-electron chi connectivity index (χ2n) is 4.90. The molecule has 110 valence electrons. The molecule has 6 nitrogen and oxygen atoms in total. The molecule has 1 fully saturated rings. The number of hydrogen-bond donors (Lipinski definition) is 1. The summed E-state index contributed by atoms with van der Waals surface area (Å²) < 4.78 is 27.9. The largest absolute Gasteiger partial charge is 0.465 e. The number of carbonyl (C=O) groups excluding carboxylic acids is 1. The number of anilines is 2. The van der Waals surface area contributed by atoms with Crippen molar-refractivity contribution < 1.29 is 17.9 Å². The lowest BCUT2D eigenvalue weighted by atomic mass is 10.1. The first-order valence-corrected chi connectivity index (χ1v) is 8.08. The van der Waals surface area contributed by atoms with Gasteiger partial charge in [-0.05, 0) is 18.6 Å². The second-order valence-corrected chi connectivity index (χ2v) is 7.13. The Hall–Kier alpha value is -1.76. The molecular weight excluding hydrogens is 280 g/mol. The summed E-state index contributed by atoms with van der Waals surface area (Å²) >= 11 is 0. The molecule has 1 atom stereocenters. The molecule has 0 aromatic heterocycles. The molecule has 2 N–H and O–H groups in total. The van der Waals surface area contributed by atoms with Gasteiger partial charge in [0.15, 0.2) is 9.84 Å². The molecule has 1 heterocycles. The number of nitrogens with two attached hydrogens (primary N) is 1. The predicted molar refractivity (Wildman–Crippen MR) is 77.7 cm³/mol. The standard InChI is InChI=1S/C13H18N2O4S/c1-15(9-6-7-20(17,18)8-9)12-10(13(16)19-2)4-3-5-11(12)14/h3-5,9H,6-8,14H2,1-2H3. The normalized spacial score (nSPS) is 20.6. The SMILES string of the molecule is COC(=O)c1cccc(N)c1N(C)C1CCS(=O)(=O)C1. The number of para-hydroxylation sites is 1. The fourth-order valence-corrected chi connectivity index (χ4v) is 4.27. The average Bonchev–Trinajstić information content (AvgIpc) is 2.77. The van der Waals surface area contributed by atoms with Crippen LogP contribution in [0.1, 0.15) is 16.8 Å². The van der Waals surface area contributed by atoms with E-state index in [9.17, 15) is 13.2 Å². The summed E-state index contributed by atoms with van der Waals surface area (Å²) in [5, 5.41) is 0. The Bertz CT molecular complexity index is 627. The van der Waals surface area contributed by atoms with E-state index in [2.05, 4.69) is 0 Å². The highest BCUT2D eigenvalue weighted by atomic mass is 32.2. The number of esters is 1. The van der Waals surface area contributed by atoms with Gasteiger partial charge in [-0.25, -0.2) is 13.2 Å². The van der Waals surface area contributed by atoms with Gasteiger partial charge in [0.1, 0.15) is 0 Å². The molecule has 1 unspecified atom stereocenters. The highest BCUT2D eigenvalue weighted by molar-refractivity contribution is 7.91. The molecule has 1 aromatic carbocycles. The highest BCUT2D eigenvalue weighted by Crippen LogP contribution is 2.31. The van der Waals surface area contributed by atoms with E-state index in [4.69, 9.17) is 10.5 Å². The van der Waals surface area contributed by atoms with Crippen LogP contribution < -0.4 is 10.6 Å². The molecule has 0 bridgehead atoms. The van der Waals surface area contributed by atoms with E-state index in [0.29, 0.717) is 23.4 Å². The zero-order valence-corrected chi connectivity index (χ0v) is 12.3. The van der Waals surface area contributed by atoms with Crippen LogP contribution in [0.3, 0.4) is 0 Å². The first kappa shape index (κ1) is 14.6. The number of carbonyl (C=O) groups is 1. The van der Waals surface area contributed by atoms with Gasteiger partial charge in [0.05, 0.1) is 35.6 Å². The molecule has 2 rings (SSSR count). The van der Waals surface area contributed by atoms with Crippen molar-refractivity contribution in [2.24, 2.45) is 0 Å². The van der Waals surface area contributed by atoms with Gasteiger partial charge < -0.3 is 15.4 Å². The Morgan fingerprint density at radius 2 is 2.15 bits per heavy atom. The summed E-state index contributed by atoms with van der Waals surface area (Å²) in [6.07, 6.45) is 0.535. The van der Waals surface area contributed by atoms with Crippen molar-refractivity contribution in [2.75, 3.05) is 36.3 Å². The molecule has 0 spiro atoms. The minimum absolute atomic E-state index is 0.0818. The Kier molecular flexibility index (Phi) is 3.89. The van der Waals surface area contributed by atoms with Crippen molar-refractivity contribution in [2.45, 2.75) is 12.5 Å². The number of methoxy groups -OCH3 is 1. The van der Waals surface area contributed by atoms with Crippen molar-refractivity contribution in [3.8, 4) is 0 Å². The minimum atomic E-state index is -3.00. The number of ether oxygens (including phenoxy) is 1. The van der Waals surface area contributed by atoms with E-state index in [1.54, 1.807) is 30.1 Å². The number of sulfone groups is 1. The summed E-state index contributed by atoms with van der Waals surface area (Å²) in [4.78, 5) is 13.6. The third-order valence-corrected chi connectivity index (χ3v) is 5.33. The molecule has 0 amide bonds. The quantitative estimate of drug-likeness (QED) is 0.652. The maximum Gasteiger partial charge on any atom is 0.340 e. The number of hydrogen-bond acceptors (Lipinski definition) is 6. The second kappa shape index (κ2) is 5.32. The van der Waals surface area contributed by atoms with Crippen LogP contribution in [0, 0.1) is 0 Å². The van der Waals surface area contributed by atoms with E-state index in [1.807, 2.05) is 0 Å². The summed E-state index contributed by atoms with van der Waals surface area (Å²) in [7, 11) is 0.0559. The van der Waals surface area contributed by atoms with E-state index < -0.39 is 15.8 Å². The minimum Gasteiger partial charge on any atom is -0.465 e. The van der Waals surface area contributed by atoms with Crippen LogP contribution in [0.2, 0.25) is 0 Å². The zero-order valence-electron chi connectivity index (χ0n) is 11.5. The Labute approximate surface area is 118 Å². The van der Waals surface area contributed by atoms with Crippen LogP contribution in [0.4, 0.5) is 11.4 Å². The van der Waals surface area contributed by atoms with E-state index in [-0.39, 0.29) is 17.5 Å². The van der Waals surface area contributed by atoms with E-state index >= 15 is 0 Å². The Morgan fingerprint density at radius 1 is 1.45 bits per heavy atom. The highest BCUT2D eigenvalue weighted by Gasteiger charge is 2.32. The Morgan fingerprint density at radius 3 is 2.70 bits per heavy atom. The maximum absolute atomic E-state index is 11.8. The van der Waals surface area contributed by atoms with Gasteiger partial charge >= 0.3 is 5.97 Å². The summed E-state index contributed by atoms with van der Waals surface area (Å²) in [5.41, 5.74) is 7.26. The molecule has 0 aliphatic carbocycles. The summed E-state index contributed by atoms with van der Waals surface area (Å²) in [6, 6.07) is 4.80. The molecule has 1 saturated heterocycles. The zero-order chi connectivity index (χ0) is 14.9. The van der Waals surface area contributed by atoms with Crippen molar-refractivity contribution in [3.05, 3.63) is 23.8 Å². The number of nitrogens with zero attached hydrogens (tertiary/aromatic N) is 1. The van der Waals surface area contributed by atoms with Crippen LogP contribution >= 0.6 is 0 Å². The molecule has 1 aromatic rings. The predicted octanol–water partition coefficient (Wildman–Crippen LogP) is 0.679. The van der Waals surface area contributed by atoms with Crippen molar-refractivity contribution >= 4 is 27.2 Å². The van der Waals surface area contributed by atoms with Crippen molar-refractivity contribution in [1.82, 2.24) is 0 Å². The molecule has 1 aliphatic rings. The summed E-state index contributed by atoms with van der Waals surface area (Å²) in [5.74, 6) is -0.235. The fourth-order valence-electron chi connectivity index (χ4n) is 2.49. The third kappa shape index (κ3) is 2.72. The Balaban J connectivity index is 2.39. The topological polar surface area (TPSA) is 89.7 Å². The molecular formula is C13H18N2O4S. The third-order valence-electron chi connectivity index (χ3n) is 3.58. The lowest BCUT2D eigenvalue weighted by Crippen LogP contribution is -2.34. The van der Waals surface area contributed by atoms with Gasteiger partial charge in [0, 0.05) is 13.1 Å². The summed E-state index contributed by atoms with van der Waals surface area (Å²) in [6.45, 7) is 0. The van der Waals surface area contributed by atoms with Gasteiger partial charge in [0.25, 0.3) is 0 Å². The molecule has 0 saturated carbocycles. The van der Waals surface area contributed by atoms with Gasteiger partial charge in [-0.3, -0.25) is 0 Å². The first-order valence-electron chi connectivity index (χ1n) is 6.26. The van der Waals surface area contributed by atoms with Crippen LogP contribution in [-0.2, 0) is 14.6 Å². The monoisotopic (exact) mass is 298 g/mol. The van der Waals surface area contributed by atoms with E-state index in [1.165, 1.54) is 7.11 Å². The van der Waals surface area contributed by atoms with Gasteiger partial charge in [-0.1, -0.05) is 6.07 Å². The van der Waals surface area contributed by atoms with Gasteiger partial charge in [-0.2, -0.15) is 0 Å². The van der Waals surface area contributed by atoms with Crippen molar-refractivity contribution in [3.63, 3.8) is 0 Å². The average molecular weight is 298 g/mol. The molecule has 0 radical (unpaired) electrons. The van der Waals surface area contributed by atoms with Crippen LogP contribution in [0.25, 0.3) is 0 Å². The van der Waals surface area contributed by atoms with Gasteiger partial charge in [-0.15, -0.1) is 0 Å². The smallest absolute Gasteiger partial charge is 0.340 e. The fraction of sp³-hybridized carbons (Fsp3) is 0.462.